The maximum atomic E-state index is 11.6. The van der Waals surface area contributed by atoms with E-state index in [9.17, 15) is 9.59 Å². The first-order valence-corrected chi connectivity index (χ1v) is 6.24. The van der Waals surface area contributed by atoms with Crippen molar-refractivity contribution in [3.8, 4) is 0 Å². The SMILES string of the molecule is CCOC(=O)c1sc(N(C)C(=O)CC)nc1C. The molecule has 5 nitrogen and oxygen atoms in total. The molecule has 0 N–H and O–H groups in total. The Bertz CT molecular complexity index is 428. The zero-order chi connectivity index (χ0) is 13.0. The summed E-state index contributed by atoms with van der Waals surface area (Å²) in [6.07, 6.45) is 0.407. The Morgan fingerprint density at radius 2 is 2.06 bits per heavy atom. The van der Waals surface area contributed by atoms with E-state index >= 15 is 0 Å². The number of carbonyl (C=O) groups excluding carboxylic acids is 2. The summed E-state index contributed by atoms with van der Waals surface area (Å²) < 4.78 is 4.92. The summed E-state index contributed by atoms with van der Waals surface area (Å²) in [6, 6.07) is 0. The second-order valence-corrected chi connectivity index (χ2v) is 4.42. The number of aryl methyl sites for hydroxylation is 1. The van der Waals surface area contributed by atoms with E-state index in [1.807, 2.05) is 0 Å². The van der Waals surface area contributed by atoms with Crippen LogP contribution in [0.25, 0.3) is 0 Å². The van der Waals surface area contributed by atoms with Gasteiger partial charge in [-0.05, 0) is 13.8 Å². The summed E-state index contributed by atoms with van der Waals surface area (Å²) in [7, 11) is 1.65. The van der Waals surface area contributed by atoms with Gasteiger partial charge in [0.1, 0.15) is 4.88 Å². The van der Waals surface area contributed by atoms with Gasteiger partial charge in [-0.3, -0.25) is 9.69 Å². The van der Waals surface area contributed by atoms with Crippen LogP contribution >= 0.6 is 11.3 Å². The van der Waals surface area contributed by atoms with Crippen LogP contribution in [0.2, 0.25) is 0 Å². The highest BCUT2D eigenvalue weighted by Crippen LogP contribution is 2.26. The first-order chi connectivity index (χ1) is 8.01. The molecule has 0 atom stereocenters. The van der Waals surface area contributed by atoms with Gasteiger partial charge in [-0.15, -0.1) is 0 Å². The third-order valence-electron chi connectivity index (χ3n) is 2.21. The molecule has 1 aromatic rings. The van der Waals surface area contributed by atoms with Crippen LogP contribution in [0.1, 0.15) is 35.6 Å². The Labute approximate surface area is 104 Å². The smallest absolute Gasteiger partial charge is 0.350 e. The average molecular weight is 256 g/mol. The fraction of sp³-hybridized carbons (Fsp3) is 0.545. The minimum Gasteiger partial charge on any atom is -0.462 e. The van der Waals surface area contributed by atoms with E-state index in [0.717, 1.165) is 0 Å². The van der Waals surface area contributed by atoms with E-state index in [1.165, 1.54) is 16.2 Å². The van der Waals surface area contributed by atoms with Gasteiger partial charge >= 0.3 is 5.97 Å². The number of aromatic nitrogens is 1. The van der Waals surface area contributed by atoms with Crippen molar-refractivity contribution in [1.29, 1.82) is 0 Å². The van der Waals surface area contributed by atoms with Gasteiger partial charge in [0.05, 0.1) is 12.3 Å². The van der Waals surface area contributed by atoms with Gasteiger partial charge < -0.3 is 4.74 Å². The number of thiazole rings is 1. The van der Waals surface area contributed by atoms with Crippen LogP contribution in [0.3, 0.4) is 0 Å². The van der Waals surface area contributed by atoms with Crippen molar-refractivity contribution in [3.63, 3.8) is 0 Å². The fourth-order valence-electron chi connectivity index (χ4n) is 1.26. The van der Waals surface area contributed by atoms with Gasteiger partial charge in [0.15, 0.2) is 5.13 Å². The van der Waals surface area contributed by atoms with E-state index < -0.39 is 0 Å². The van der Waals surface area contributed by atoms with Gasteiger partial charge in [0.2, 0.25) is 5.91 Å². The van der Waals surface area contributed by atoms with Crippen molar-refractivity contribution in [1.82, 2.24) is 4.98 Å². The van der Waals surface area contributed by atoms with Crippen molar-refractivity contribution >= 4 is 28.3 Å². The van der Waals surface area contributed by atoms with Crippen LogP contribution < -0.4 is 4.90 Å². The largest absolute Gasteiger partial charge is 0.462 e. The number of hydrogen-bond donors (Lipinski definition) is 0. The van der Waals surface area contributed by atoms with Crippen molar-refractivity contribution < 1.29 is 14.3 Å². The Morgan fingerprint density at radius 3 is 2.59 bits per heavy atom. The van der Waals surface area contributed by atoms with Crippen LogP contribution in [0.5, 0.6) is 0 Å². The van der Waals surface area contributed by atoms with E-state index in [-0.39, 0.29) is 11.9 Å². The lowest BCUT2D eigenvalue weighted by atomic mass is 10.4. The van der Waals surface area contributed by atoms with Crippen molar-refractivity contribution in [2.45, 2.75) is 27.2 Å². The molecule has 0 aliphatic heterocycles. The molecule has 0 saturated carbocycles. The molecule has 0 bridgehead atoms. The van der Waals surface area contributed by atoms with Crippen molar-refractivity contribution in [3.05, 3.63) is 10.6 Å². The highest BCUT2D eigenvalue weighted by atomic mass is 32.1. The number of amides is 1. The minimum absolute atomic E-state index is 0.0332. The Morgan fingerprint density at radius 1 is 1.41 bits per heavy atom. The zero-order valence-corrected chi connectivity index (χ0v) is 11.3. The second kappa shape index (κ2) is 5.77. The van der Waals surface area contributed by atoms with Crippen LogP contribution in [0.15, 0.2) is 0 Å². The first-order valence-electron chi connectivity index (χ1n) is 5.42. The first kappa shape index (κ1) is 13.6. The Hall–Kier alpha value is -1.43. The van der Waals surface area contributed by atoms with Crippen molar-refractivity contribution in [2.75, 3.05) is 18.6 Å². The third-order valence-corrected chi connectivity index (χ3v) is 3.42. The van der Waals surface area contributed by atoms with Crippen molar-refractivity contribution in [2.24, 2.45) is 0 Å². The summed E-state index contributed by atoms with van der Waals surface area (Å²) in [5.41, 5.74) is 0.596. The molecule has 94 valence electrons. The van der Waals surface area contributed by atoms with E-state index in [0.29, 0.717) is 28.7 Å². The van der Waals surface area contributed by atoms with Crippen LogP contribution in [-0.4, -0.2) is 30.5 Å². The predicted molar refractivity (Wildman–Crippen MR) is 66.5 cm³/mol. The highest BCUT2D eigenvalue weighted by Gasteiger charge is 2.20. The Balaban J connectivity index is 2.95. The summed E-state index contributed by atoms with van der Waals surface area (Å²) >= 11 is 1.18. The summed E-state index contributed by atoms with van der Waals surface area (Å²) in [6.45, 7) is 5.60. The molecule has 1 aromatic heterocycles. The lowest BCUT2D eigenvalue weighted by Crippen LogP contribution is -2.24. The van der Waals surface area contributed by atoms with Gasteiger partial charge in [-0.25, -0.2) is 9.78 Å². The molecule has 0 unspecified atom stereocenters. The highest BCUT2D eigenvalue weighted by molar-refractivity contribution is 7.17. The number of ether oxygens (including phenoxy) is 1. The molecule has 1 rings (SSSR count). The molecule has 17 heavy (non-hydrogen) atoms. The molecule has 1 heterocycles. The number of rotatable bonds is 4. The summed E-state index contributed by atoms with van der Waals surface area (Å²) in [4.78, 5) is 29.2. The minimum atomic E-state index is -0.383. The Kier molecular flexibility index (Phi) is 4.62. The summed E-state index contributed by atoms with van der Waals surface area (Å²) in [5.74, 6) is -0.416. The van der Waals surface area contributed by atoms with Gasteiger partial charge in [-0.2, -0.15) is 0 Å². The maximum absolute atomic E-state index is 11.6. The fourth-order valence-corrected chi connectivity index (χ4v) is 2.20. The molecule has 0 radical (unpaired) electrons. The quantitative estimate of drug-likeness (QED) is 0.773. The standard InChI is InChI=1S/C11H16N2O3S/c1-5-8(14)13(4)11-12-7(3)9(17-11)10(15)16-6-2/h5-6H2,1-4H3. The lowest BCUT2D eigenvalue weighted by molar-refractivity contribution is -0.118. The van der Waals surface area contributed by atoms with Gasteiger partial charge in [0, 0.05) is 13.5 Å². The van der Waals surface area contributed by atoms with Crippen LogP contribution in [-0.2, 0) is 9.53 Å². The molecule has 1 amide bonds. The average Bonchev–Trinajstić information content (AvgIpc) is 2.69. The molecule has 0 fully saturated rings. The molecule has 0 aliphatic rings. The topological polar surface area (TPSA) is 59.5 Å². The monoisotopic (exact) mass is 256 g/mol. The van der Waals surface area contributed by atoms with Crippen LogP contribution in [0.4, 0.5) is 5.13 Å². The number of nitrogens with zero attached hydrogens (tertiary/aromatic N) is 2. The van der Waals surface area contributed by atoms with E-state index in [4.69, 9.17) is 4.74 Å². The molecular formula is C11H16N2O3S. The molecule has 0 aliphatic carbocycles. The molecule has 0 saturated heterocycles. The van der Waals surface area contributed by atoms with Crippen LogP contribution in [0, 0.1) is 6.92 Å². The normalized spacial score (nSPS) is 10.1. The second-order valence-electron chi connectivity index (χ2n) is 3.44. The number of hydrogen-bond acceptors (Lipinski definition) is 5. The van der Waals surface area contributed by atoms with E-state index in [2.05, 4.69) is 4.98 Å². The third kappa shape index (κ3) is 3.03. The zero-order valence-electron chi connectivity index (χ0n) is 10.4. The van der Waals surface area contributed by atoms with Gasteiger partial charge in [-0.1, -0.05) is 18.3 Å². The molecule has 0 spiro atoms. The summed E-state index contributed by atoms with van der Waals surface area (Å²) in [5, 5.41) is 0.525. The number of esters is 1. The number of anilines is 1. The lowest BCUT2D eigenvalue weighted by Gasteiger charge is -2.11. The predicted octanol–water partition coefficient (Wildman–Crippen LogP) is 2.00. The molecule has 6 heteroatoms. The molecule has 0 aromatic carbocycles. The van der Waals surface area contributed by atoms with E-state index in [1.54, 1.807) is 27.8 Å². The maximum Gasteiger partial charge on any atom is 0.350 e. The number of carbonyl (C=O) groups is 2. The van der Waals surface area contributed by atoms with Gasteiger partial charge in [0.25, 0.3) is 0 Å². The molecular weight excluding hydrogens is 240 g/mol.